The molecule has 2 heteroatoms. The number of anilines is 1. The largest absolute Gasteiger partial charge is 0.381 e. The Morgan fingerprint density at radius 1 is 0.941 bits per heavy atom. The highest BCUT2D eigenvalue weighted by molar-refractivity contribution is 5.65. The minimum absolute atomic E-state index is 0.303. The van der Waals surface area contributed by atoms with Gasteiger partial charge in [0.05, 0.1) is 0 Å². The van der Waals surface area contributed by atoms with E-state index in [0.717, 1.165) is 5.69 Å². The van der Waals surface area contributed by atoms with Crippen LogP contribution in [0.4, 0.5) is 5.69 Å². The second-order valence-electron chi connectivity index (χ2n) is 4.22. The Morgan fingerprint density at radius 3 is 2.12 bits per heavy atom. The number of benzene rings is 2. The van der Waals surface area contributed by atoms with E-state index in [2.05, 4.69) is 60.8 Å². The third kappa shape index (κ3) is 3.08. The first-order valence-electron chi connectivity index (χ1n) is 5.91. The molecule has 0 aliphatic rings. The number of hydrogen-bond donors (Lipinski definition) is 2. The van der Waals surface area contributed by atoms with Crippen molar-refractivity contribution in [3.05, 3.63) is 54.6 Å². The molecule has 1 unspecified atom stereocenters. The molecule has 0 heterocycles. The van der Waals surface area contributed by atoms with Crippen LogP contribution in [-0.4, -0.2) is 12.6 Å². The SMILES string of the molecule is CC(CN)Nc1ccc(-c2ccccc2)cc1. The molecule has 0 bridgehead atoms. The number of nitrogens with two attached hydrogens (primary N) is 1. The van der Waals surface area contributed by atoms with Crippen molar-refractivity contribution in [1.29, 1.82) is 0 Å². The summed E-state index contributed by atoms with van der Waals surface area (Å²) in [5, 5.41) is 3.35. The van der Waals surface area contributed by atoms with Gasteiger partial charge in [0, 0.05) is 18.3 Å². The van der Waals surface area contributed by atoms with Crippen molar-refractivity contribution in [3.8, 4) is 11.1 Å². The van der Waals surface area contributed by atoms with Gasteiger partial charge in [-0.25, -0.2) is 0 Å². The minimum Gasteiger partial charge on any atom is -0.381 e. The molecule has 2 nitrogen and oxygen atoms in total. The molecule has 0 saturated carbocycles. The second kappa shape index (κ2) is 5.51. The lowest BCUT2D eigenvalue weighted by Gasteiger charge is -2.13. The van der Waals surface area contributed by atoms with Gasteiger partial charge in [0.2, 0.25) is 0 Å². The molecule has 0 aromatic heterocycles. The zero-order valence-corrected chi connectivity index (χ0v) is 10.1. The maximum atomic E-state index is 5.58. The average Bonchev–Trinajstić information content (AvgIpc) is 2.40. The van der Waals surface area contributed by atoms with Gasteiger partial charge in [-0.15, -0.1) is 0 Å². The van der Waals surface area contributed by atoms with Gasteiger partial charge in [-0.2, -0.15) is 0 Å². The highest BCUT2D eigenvalue weighted by Crippen LogP contribution is 2.21. The first-order valence-corrected chi connectivity index (χ1v) is 5.91. The third-order valence-corrected chi connectivity index (χ3v) is 2.76. The van der Waals surface area contributed by atoms with Crippen molar-refractivity contribution in [2.45, 2.75) is 13.0 Å². The standard InChI is InChI=1S/C15H18N2/c1-12(11-16)17-15-9-7-14(8-10-15)13-5-3-2-4-6-13/h2-10,12,17H,11,16H2,1H3. The molecule has 2 aromatic carbocycles. The van der Waals surface area contributed by atoms with Gasteiger partial charge in [0.15, 0.2) is 0 Å². The summed E-state index contributed by atoms with van der Waals surface area (Å²) >= 11 is 0. The molecule has 88 valence electrons. The molecule has 2 aromatic rings. The molecule has 0 radical (unpaired) electrons. The lowest BCUT2D eigenvalue weighted by molar-refractivity contribution is 0.804. The highest BCUT2D eigenvalue weighted by Gasteiger charge is 2.00. The van der Waals surface area contributed by atoms with Crippen LogP contribution in [0.25, 0.3) is 11.1 Å². The van der Waals surface area contributed by atoms with Crippen molar-refractivity contribution in [2.24, 2.45) is 5.73 Å². The van der Waals surface area contributed by atoms with Crippen molar-refractivity contribution >= 4 is 5.69 Å². The molecule has 0 aliphatic carbocycles. The summed E-state index contributed by atoms with van der Waals surface area (Å²) in [7, 11) is 0. The van der Waals surface area contributed by atoms with Crippen LogP contribution in [0.1, 0.15) is 6.92 Å². The Bertz CT molecular complexity index is 448. The first kappa shape index (κ1) is 11.7. The van der Waals surface area contributed by atoms with Crippen LogP contribution < -0.4 is 11.1 Å². The van der Waals surface area contributed by atoms with E-state index in [9.17, 15) is 0 Å². The van der Waals surface area contributed by atoms with Crippen molar-refractivity contribution in [2.75, 3.05) is 11.9 Å². The quantitative estimate of drug-likeness (QED) is 0.840. The van der Waals surface area contributed by atoms with Crippen LogP contribution in [0.2, 0.25) is 0 Å². The van der Waals surface area contributed by atoms with Gasteiger partial charge < -0.3 is 11.1 Å². The number of rotatable bonds is 4. The summed E-state index contributed by atoms with van der Waals surface area (Å²) in [6, 6.07) is 19.1. The van der Waals surface area contributed by atoms with Crippen LogP contribution in [0, 0.1) is 0 Å². The zero-order chi connectivity index (χ0) is 12.1. The molecule has 17 heavy (non-hydrogen) atoms. The van der Waals surface area contributed by atoms with E-state index in [0.29, 0.717) is 12.6 Å². The van der Waals surface area contributed by atoms with E-state index in [1.54, 1.807) is 0 Å². The Kier molecular flexibility index (Phi) is 3.78. The topological polar surface area (TPSA) is 38.0 Å². The molecular weight excluding hydrogens is 208 g/mol. The molecule has 1 atom stereocenters. The van der Waals surface area contributed by atoms with Gasteiger partial charge in [-0.05, 0) is 30.2 Å². The monoisotopic (exact) mass is 226 g/mol. The number of hydrogen-bond acceptors (Lipinski definition) is 2. The maximum absolute atomic E-state index is 5.58. The molecule has 3 N–H and O–H groups in total. The van der Waals surface area contributed by atoms with Gasteiger partial charge >= 0.3 is 0 Å². The van der Waals surface area contributed by atoms with Crippen molar-refractivity contribution in [3.63, 3.8) is 0 Å². The van der Waals surface area contributed by atoms with E-state index >= 15 is 0 Å². The van der Waals surface area contributed by atoms with E-state index < -0.39 is 0 Å². The molecule has 0 amide bonds. The minimum atomic E-state index is 0.303. The molecule has 2 rings (SSSR count). The van der Waals surface area contributed by atoms with E-state index in [1.807, 2.05) is 6.07 Å². The Morgan fingerprint density at radius 2 is 1.53 bits per heavy atom. The second-order valence-corrected chi connectivity index (χ2v) is 4.22. The van der Waals surface area contributed by atoms with Gasteiger partial charge in [0.1, 0.15) is 0 Å². The van der Waals surface area contributed by atoms with Crippen LogP contribution in [-0.2, 0) is 0 Å². The summed E-state index contributed by atoms with van der Waals surface area (Å²) in [5.74, 6) is 0. The smallest absolute Gasteiger partial charge is 0.0355 e. The van der Waals surface area contributed by atoms with Crippen molar-refractivity contribution < 1.29 is 0 Å². The summed E-state index contributed by atoms with van der Waals surface area (Å²) in [4.78, 5) is 0. The highest BCUT2D eigenvalue weighted by atomic mass is 14.9. The average molecular weight is 226 g/mol. The van der Waals surface area contributed by atoms with E-state index in [-0.39, 0.29) is 0 Å². The third-order valence-electron chi connectivity index (χ3n) is 2.76. The lowest BCUT2D eigenvalue weighted by Crippen LogP contribution is -2.24. The molecular formula is C15H18N2. The fourth-order valence-corrected chi connectivity index (χ4v) is 1.73. The first-order chi connectivity index (χ1) is 8.29. The molecule has 0 fully saturated rings. The predicted octanol–water partition coefficient (Wildman–Crippen LogP) is 3.11. The maximum Gasteiger partial charge on any atom is 0.0355 e. The van der Waals surface area contributed by atoms with E-state index in [1.165, 1.54) is 11.1 Å². The Balaban J connectivity index is 2.13. The van der Waals surface area contributed by atoms with Gasteiger partial charge in [0.25, 0.3) is 0 Å². The Labute approximate surface area is 102 Å². The zero-order valence-electron chi connectivity index (χ0n) is 10.1. The molecule has 0 spiro atoms. The summed E-state index contributed by atoms with van der Waals surface area (Å²) in [6.45, 7) is 2.71. The Hall–Kier alpha value is -1.80. The van der Waals surface area contributed by atoms with Gasteiger partial charge in [-0.1, -0.05) is 42.5 Å². The number of nitrogens with one attached hydrogen (secondary N) is 1. The normalized spacial score (nSPS) is 12.1. The van der Waals surface area contributed by atoms with Crippen LogP contribution in [0.15, 0.2) is 54.6 Å². The van der Waals surface area contributed by atoms with E-state index in [4.69, 9.17) is 5.73 Å². The summed E-state index contributed by atoms with van der Waals surface area (Å²) in [6.07, 6.45) is 0. The fraction of sp³-hybridized carbons (Fsp3) is 0.200. The van der Waals surface area contributed by atoms with Crippen LogP contribution in [0.3, 0.4) is 0 Å². The van der Waals surface area contributed by atoms with Crippen LogP contribution in [0.5, 0.6) is 0 Å². The molecule has 0 aliphatic heterocycles. The lowest BCUT2D eigenvalue weighted by atomic mass is 10.1. The van der Waals surface area contributed by atoms with Crippen molar-refractivity contribution in [1.82, 2.24) is 0 Å². The summed E-state index contributed by atoms with van der Waals surface area (Å²) in [5.41, 5.74) is 9.17. The summed E-state index contributed by atoms with van der Waals surface area (Å²) < 4.78 is 0. The fourth-order valence-electron chi connectivity index (χ4n) is 1.73. The predicted molar refractivity (Wildman–Crippen MR) is 74.0 cm³/mol. The van der Waals surface area contributed by atoms with Crippen LogP contribution >= 0.6 is 0 Å². The molecule has 0 saturated heterocycles. The van der Waals surface area contributed by atoms with Gasteiger partial charge in [-0.3, -0.25) is 0 Å².